The van der Waals surface area contributed by atoms with Crippen LogP contribution in [0.15, 0.2) is 18.2 Å². The van der Waals surface area contributed by atoms with Crippen molar-refractivity contribution >= 4 is 17.6 Å². The van der Waals surface area contributed by atoms with E-state index in [0.29, 0.717) is 5.56 Å². The maximum Gasteiger partial charge on any atom is 0.314 e. The first-order valence-electron chi connectivity index (χ1n) is 4.83. The number of carboxylic acid groups (broad SMARTS) is 1. The molecule has 0 bridgehead atoms. The molecule has 0 radical (unpaired) electrons. The van der Waals surface area contributed by atoms with Crippen LogP contribution in [-0.2, 0) is 10.2 Å². The van der Waals surface area contributed by atoms with E-state index in [9.17, 15) is 19.4 Å². The largest absolute Gasteiger partial charge is 0.481 e. The molecule has 16 heavy (non-hydrogen) atoms. The lowest BCUT2D eigenvalue weighted by Crippen LogP contribution is -2.50. The number of hydrogen-bond donors (Lipinski definition) is 2. The van der Waals surface area contributed by atoms with Gasteiger partial charge >= 0.3 is 5.97 Å². The summed E-state index contributed by atoms with van der Waals surface area (Å²) in [6.45, 7) is 0. The summed E-state index contributed by atoms with van der Waals surface area (Å²) in [6.07, 6.45) is -0.390. The number of aliphatic carboxylic acids is 1. The maximum absolute atomic E-state index is 12.9. The molecule has 0 spiro atoms. The number of aliphatic hydroxyl groups is 1. The number of rotatable bonds is 2. The van der Waals surface area contributed by atoms with Gasteiger partial charge in [0.05, 0.1) is 11.5 Å². The summed E-state index contributed by atoms with van der Waals surface area (Å²) in [4.78, 5) is 11.2. The second-order valence-electron chi connectivity index (χ2n) is 4.07. The minimum Gasteiger partial charge on any atom is -0.481 e. The predicted molar refractivity (Wildman–Crippen MR) is 56.0 cm³/mol. The molecular weight excluding hydrogens is 235 g/mol. The van der Waals surface area contributed by atoms with Gasteiger partial charge in [-0.2, -0.15) is 0 Å². The summed E-state index contributed by atoms with van der Waals surface area (Å²) >= 11 is 5.83. The lowest BCUT2D eigenvalue weighted by atomic mass is 9.63. The van der Waals surface area contributed by atoms with Gasteiger partial charge in [0.1, 0.15) is 5.82 Å². The minimum absolute atomic E-state index is 0.0919. The fraction of sp³-hybridized carbons (Fsp3) is 0.364. The van der Waals surface area contributed by atoms with Crippen LogP contribution in [0.1, 0.15) is 18.4 Å². The Hall–Kier alpha value is -1.13. The zero-order valence-corrected chi connectivity index (χ0v) is 9.04. The van der Waals surface area contributed by atoms with Gasteiger partial charge in [0.25, 0.3) is 0 Å². The van der Waals surface area contributed by atoms with Crippen LogP contribution in [0.5, 0.6) is 0 Å². The van der Waals surface area contributed by atoms with E-state index >= 15 is 0 Å². The first kappa shape index (κ1) is 11.4. The highest BCUT2D eigenvalue weighted by atomic mass is 35.5. The average molecular weight is 245 g/mol. The molecule has 1 fully saturated rings. The lowest BCUT2D eigenvalue weighted by Gasteiger charge is -2.42. The smallest absolute Gasteiger partial charge is 0.314 e. The zero-order valence-electron chi connectivity index (χ0n) is 8.28. The van der Waals surface area contributed by atoms with Crippen LogP contribution < -0.4 is 0 Å². The molecule has 1 aromatic carbocycles. The van der Waals surface area contributed by atoms with Crippen molar-refractivity contribution in [2.24, 2.45) is 0 Å². The standard InChI is InChI=1S/C11H10ClFO3/c12-9-3-6(13)1-2-8(9)11(10(15)16)4-7(14)5-11/h1-3,7,14H,4-5H2,(H,15,16). The van der Waals surface area contributed by atoms with Crippen molar-refractivity contribution in [1.82, 2.24) is 0 Å². The Balaban J connectivity index is 2.45. The van der Waals surface area contributed by atoms with Gasteiger partial charge in [0.2, 0.25) is 0 Å². The maximum atomic E-state index is 12.9. The molecule has 0 heterocycles. The summed E-state index contributed by atoms with van der Waals surface area (Å²) < 4.78 is 12.9. The summed E-state index contributed by atoms with van der Waals surface area (Å²) in [5, 5.41) is 18.5. The molecule has 0 amide bonds. The Labute approximate surface area is 96.5 Å². The van der Waals surface area contributed by atoms with Crippen molar-refractivity contribution in [3.05, 3.63) is 34.6 Å². The Morgan fingerprint density at radius 1 is 1.50 bits per heavy atom. The molecule has 0 saturated heterocycles. The van der Waals surface area contributed by atoms with Crippen molar-refractivity contribution in [3.63, 3.8) is 0 Å². The Kier molecular flexibility index (Phi) is 2.64. The molecule has 3 nitrogen and oxygen atoms in total. The number of hydrogen-bond acceptors (Lipinski definition) is 2. The quantitative estimate of drug-likeness (QED) is 0.836. The number of carboxylic acids is 1. The fourth-order valence-corrected chi connectivity index (χ4v) is 2.48. The van der Waals surface area contributed by atoms with E-state index in [1.165, 1.54) is 12.1 Å². The van der Waals surface area contributed by atoms with Crippen LogP contribution in [0.3, 0.4) is 0 Å². The molecule has 1 saturated carbocycles. The molecular formula is C11H10ClFO3. The van der Waals surface area contributed by atoms with Gasteiger partial charge < -0.3 is 10.2 Å². The first-order chi connectivity index (χ1) is 7.45. The van der Waals surface area contributed by atoms with Gasteiger partial charge in [-0.15, -0.1) is 0 Å². The highest BCUT2D eigenvalue weighted by Crippen LogP contribution is 2.46. The van der Waals surface area contributed by atoms with Crippen LogP contribution >= 0.6 is 11.6 Å². The summed E-state index contributed by atoms with van der Waals surface area (Å²) in [5.41, 5.74) is -0.794. The topological polar surface area (TPSA) is 57.5 Å². The van der Waals surface area contributed by atoms with Crippen LogP contribution in [0, 0.1) is 5.82 Å². The number of aliphatic hydroxyl groups excluding tert-OH is 1. The third kappa shape index (κ3) is 1.58. The van der Waals surface area contributed by atoms with Gasteiger partial charge in [-0.25, -0.2) is 4.39 Å². The summed E-state index contributed by atoms with van der Waals surface area (Å²) in [7, 11) is 0. The van der Waals surface area contributed by atoms with Crippen molar-refractivity contribution < 1.29 is 19.4 Å². The monoisotopic (exact) mass is 244 g/mol. The van der Waals surface area contributed by atoms with Crippen LogP contribution in [-0.4, -0.2) is 22.3 Å². The summed E-state index contributed by atoms with van der Waals surface area (Å²) in [6, 6.07) is 3.64. The molecule has 1 aliphatic carbocycles. The van der Waals surface area contributed by atoms with E-state index in [4.69, 9.17) is 11.6 Å². The molecule has 2 rings (SSSR count). The molecule has 1 aliphatic rings. The third-order valence-electron chi connectivity index (χ3n) is 3.02. The van der Waals surface area contributed by atoms with E-state index < -0.39 is 23.3 Å². The molecule has 0 aromatic heterocycles. The predicted octanol–water partition coefficient (Wildman–Crippen LogP) is 1.96. The molecule has 0 atom stereocenters. The van der Waals surface area contributed by atoms with E-state index in [0.717, 1.165) is 6.07 Å². The van der Waals surface area contributed by atoms with Gasteiger partial charge in [0, 0.05) is 5.02 Å². The Morgan fingerprint density at radius 2 is 2.12 bits per heavy atom. The molecule has 2 N–H and O–H groups in total. The van der Waals surface area contributed by atoms with E-state index in [1.807, 2.05) is 0 Å². The van der Waals surface area contributed by atoms with Crippen molar-refractivity contribution in [2.75, 3.05) is 0 Å². The molecule has 5 heteroatoms. The van der Waals surface area contributed by atoms with Crippen LogP contribution in [0.25, 0.3) is 0 Å². The number of carbonyl (C=O) groups is 1. The van der Waals surface area contributed by atoms with Gasteiger partial charge in [0.15, 0.2) is 0 Å². The van der Waals surface area contributed by atoms with Gasteiger partial charge in [-0.1, -0.05) is 17.7 Å². The first-order valence-corrected chi connectivity index (χ1v) is 5.20. The summed E-state index contributed by atoms with van der Waals surface area (Å²) in [5.74, 6) is -1.54. The number of benzene rings is 1. The lowest BCUT2D eigenvalue weighted by molar-refractivity contribution is -0.152. The second kappa shape index (κ2) is 3.71. The fourth-order valence-electron chi connectivity index (χ4n) is 2.13. The van der Waals surface area contributed by atoms with E-state index in [-0.39, 0.29) is 17.9 Å². The molecule has 86 valence electrons. The normalized spacial score (nSPS) is 28.6. The Morgan fingerprint density at radius 3 is 2.56 bits per heavy atom. The van der Waals surface area contributed by atoms with Crippen molar-refractivity contribution in [1.29, 1.82) is 0 Å². The van der Waals surface area contributed by atoms with E-state index in [2.05, 4.69) is 0 Å². The van der Waals surface area contributed by atoms with Gasteiger partial charge in [-0.05, 0) is 30.5 Å². The molecule has 0 aliphatic heterocycles. The van der Waals surface area contributed by atoms with E-state index in [1.54, 1.807) is 0 Å². The average Bonchev–Trinajstić information content (AvgIpc) is 2.12. The van der Waals surface area contributed by atoms with Crippen LogP contribution in [0.4, 0.5) is 4.39 Å². The third-order valence-corrected chi connectivity index (χ3v) is 3.34. The highest BCUT2D eigenvalue weighted by molar-refractivity contribution is 6.31. The highest BCUT2D eigenvalue weighted by Gasteiger charge is 2.52. The number of halogens is 2. The van der Waals surface area contributed by atoms with Gasteiger partial charge in [-0.3, -0.25) is 4.79 Å². The second-order valence-corrected chi connectivity index (χ2v) is 4.48. The van der Waals surface area contributed by atoms with Crippen LogP contribution in [0.2, 0.25) is 5.02 Å². The van der Waals surface area contributed by atoms with Crippen molar-refractivity contribution in [3.8, 4) is 0 Å². The zero-order chi connectivity index (χ0) is 11.9. The SMILES string of the molecule is O=C(O)C1(c2ccc(F)cc2Cl)CC(O)C1. The van der Waals surface area contributed by atoms with Crippen molar-refractivity contribution in [2.45, 2.75) is 24.4 Å². The molecule has 0 unspecified atom stereocenters. The Bertz CT molecular complexity index is 441. The minimum atomic E-state index is -1.16. The molecule has 1 aromatic rings.